The lowest BCUT2D eigenvalue weighted by Crippen LogP contribution is -2.52. The lowest BCUT2D eigenvalue weighted by molar-refractivity contribution is -0.0452. The van der Waals surface area contributed by atoms with Gasteiger partial charge in [0.15, 0.2) is 0 Å². The van der Waals surface area contributed by atoms with Crippen LogP contribution < -0.4 is 5.73 Å². The highest BCUT2D eigenvalue weighted by Gasteiger charge is 2.33. The van der Waals surface area contributed by atoms with Gasteiger partial charge in [0, 0.05) is 26.7 Å². The highest BCUT2D eigenvalue weighted by molar-refractivity contribution is 7.86. The summed E-state index contributed by atoms with van der Waals surface area (Å²) in [6, 6.07) is 0. The summed E-state index contributed by atoms with van der Waals surface area (Å²) in [5.74, 6) is 0. The Labute approximate surface area is 104 Å². The van der Waals surface area contributed by atoms with E-state index < -0.39 is 10.2 Å². The van der Waals surface area contributed by atoms with Gasteiger partial charge in [0.25, 0.3) is 10.2 Å². The molecule has 0 spiro atoms. The maximum atomic E-state index is 12.2. The molecule has 7 heteroatoms. The summed E-state index contributed by atoms with van der Waals surface area (Å²) in [6.45, 7) is 5.56. The molecular formula is C10H23N3O3S. The molecule has 2 N–H and O–H groups in total. The summed E-state index contributed by atoms with van der Waals surface area (Å²) in [7, 11) is -1.78. The zero-order valence-corrected chi connectivity index (χ0v) is 11.6. The van der Waals surface area contributed by atoms with Crippen molar-refractivity contribution in [3.05, 3.63) is 0 Å². The Bertz CT molecular complexity index is 324. The van der Waals surface area contributed by atoms with Gasteiger partial charge in [-0.1, -0.05) is 0 Å². The van der Waals surface area contributed by atoms with Crippen LogP contribution in [0.4, 0.5) is 0 Å². The predicted molar refractivity (Wildman–Crippen MR) is 66.8 cm³/mol. The van der Waals surface area contributed by atoms with Crippen molar-refractivity contribution in [3.63, 3.8) is 0 Å². The third-order valence-electron chi connectivity index (χ3n) is 2.78. The molecule has 102 valence electrons. The molecule has 17 heavy (non-hydrogen) atoms. The number of morpholine rings is 1. The summed E-state index contributed by atoms with van der Waals surface area (Å²) in [6.07, 6.45) is 0.554. The number of rotatable bonds is 5. The molecule has 0 aliphatic carbocycles. The maximum absolute atomic E-state index is 12.2. The van der Waals surface area contributed by atoms with Gasteiger partial charge in [-0.15, -0.1) is 0 Å². The molecule has 2 atom stereocenters. The van der Waals surface area contributed by atoms with E-state index in [-0.39, 0.29) is 12.2 Å². The van der Waals surface area contributed by atoms with Crippen molar-refractivity contribution < 1.29 is 13.2 Å². The van der Waals surface area contributed by atoms with Gasteiger partial charge in [-0.3, -0.25) is 0 Å². The molecule has 1 aliphatic heterocycles. The molecule has 0 aromatic rings. The normalized spacial score (nSPS) is 27.6. The molecule has 0 aromatic heterocycles. The van der Waals surface area contributed by atoms with E-state index in [1.807, 2.05) is 13.8 Å². The zero-order chi connectivity index (χ0) is 13.1. The van der Waals surface area contributed by atoms with Crippen molar-refractivity contribution in [2.24, 2.45) is 5.73 Å². The first kappa shape index (κ1) is 14.8. The fourth-order valence-electron chi connectivity index (χ4n) is 1.95. The second-order valence-electron chi connectivity index (χ2n) is 4.55. The fourth-order valence-corrected chi connectivity index (χ4v) is 3.50. The van der Waals surface area contributed by atoms with Gasteiger partial charge >= 0.3 is 0 Å². The van der Waals surface area contributed by atoms with Crippen LogP contribution in [-0.4, -0.2) is 62.5 Å². The highest BCUT2D eigenvalue weighted by atomic mass is 32.2. The lowest BCUT2D eigenvalue weighted by Gasteiger charge is -2.36. The van der Waals surface area contributed by atoms with E-state index in [0.717, 1.165) is 0 Å². The standard InChI is InChI=1S/C10H23N3O3S/c1-9-7-13(8-10(2)16-9)17(14,15)12(3)6-4-5-11/h9-10H,4-8,11H2,1-3H3/t9-,10+. The second-order valence-corrected chi connectivity index (χ2v) is 6.58. The van der Waals surface area contributed by atoms with Crippen LogP contribution in [-0.2, 0) is 14.9 Å². The lowest BCUT2D eigenvalue weighted by atomic mass is 10.3. The maximum Gasteiger partial charge on any atom is 0.281 e. The monoisotopic (exact) mass is 265 g/mol. The van der Waals surface area contributed by atoms with Gasteiger partial charge in [-0.05, 0) is 26.8 Å². The SMILES string of the molecule is C[C@@H]1CN(S(=O)(=O)N(C)CCCN)C[C@H](C)O1. The molecule has 0 radical (unpaired) electrons. The van der Waals surface area contributed by atoms with Gasteiger partial charge < -0.3 is 10.5 Å². The number of hydrogen-bond acceptors (Lipinski definition) is 4. The first-order chi connectivity index (χ1) is 7.87. The van der Waals surface area contributed by atoms with Gasteiger partial charge in [0.05, 0.1) is 12.2 Å². The molecule has 1 rings (SSSR count). The van der Waals surface area contributed by atoms with Crippen LogP contribution in [0, 0.1) is 0 Å². The van der Waals surface area contributed by atoms with Crippen molar-refractivity contribution in [1.29, 1.82) is 0 Å². The smallest absolute Gasteiger partial charge is 0.281 e. The Kier molecular flexibility index (Phi) is 5.33. The molecule has 0 aromatic carbocycles. The van der Waals surface area contributed by atoms with Crippen LogP contribution in [0.1, 0.15) is 20.3 Å². The van der Waals surface area contributed by atoms with Crippen molar-refractivity contribution in [2.75, 3.05) is 33.2 Å². The van der Waals surface area contributed by atoms with E-state index in [4.69, 9.17) is 10.5 Å². The Morgan fingerprint density at radius 3 is 2.35 bits per heavy atom. The summed E-state index contributed by atoms with van der Waals surface area (Å²) >= 11 is 0. The Hall–Kier alpha value is -0.210. The Morgan fingerprint density at radius 1 is 1.35 bits per heavy atom. The molecule has 1 fully saturated rings. The minimum absolute atomic E-state index is 0.0589. The summed E-state index contributed by atoms with van der Waals surface area (Å²) in [5, 5.41) is 0. The van der Waals surface area contributed by atoms with E-state index >= 15 is 0 Å². The Balaban J connectivity index is 2.68. The van der Waals surface area contributed by atoms with E-state index in [0.29, 0.717) is 32.6 Å². The third kappa shape index (κ3) is 3.89. The summed E-state index contributed by atoms with van der Waals surface area (Å²) < 4.78 is 32.9. The van der Waals surface area contributed by atoms with Gasteiger partial charge in [0.1, 0.15) is 0 Å². The van der Waals surface area contributed by atoms with Crippen LogP contribution in [0.15, 0.2) is 0 Å². The minimum Gasteiger partial charge on any atom is -0.373 e. The first-order valence-corrected chi connectivity index (χ1v) is 7.34. The molecule has 0 unspecified atom stereocenters. The van der Waals surface area contributed by atoms with Crippen molar-refractivity contribution >= 4 is 10.2 Å². The third-order valence-corrected chi connectivity index (χ3v) is 4.70. The predicted octanol–water partition coefficient (Wildman–Crippen LogP) is -0.379. The molecule has 1 heterocycles. The largest absolute Gasteiger partial charge is 0.373 e. The van der Waals surface area contributed by atoms with E-state index in [1.165, 1.54) is 8.61 Å². The minimum atomic E-state index is -3.37. The van der Waals surface area contributed by atoms with Crippen LogP contribution >= 0.6 is 0 Å². The average molecular weight is 265 g/mol. The molecule has 6 nitrogen and oxygen atoms in total. The molecule has 1 aliphatic rings. The van der Waals surface area contributed by atoms with Gasteiger partial charge in [0.2, 0.25) is 0 Å². The zero-order valence-electron chi connectivity index (χ0n) is 10.8. The second kappa shape index (κ2) is 6.10. The van der Waals surface area contributed by atoms with Crippen LogP contribution in [0.5, 0.6) is 0 Å². The van der Waals surface area contributed by atoms with E-state index in [1.54, 1.807) is 7.05 Å². The Morgan fingerprint density at radius 2 is 1.88 bits per heavy atom. The van der Waals surface area contributed by atoms with Gasteiger partial charge in [-0.2, -0.15) is 17.0 Å². The van der Waals surface area contributed by atoms with E-state index in [9.17, 15) is 8.42 Å². The highest BCUT2D eigenvalue weighted by Crippen LogP contribution is 2.16. The number of nitrogens with zero attached hydrogens (tertiary/aromatic N) is 2. The average Bonchev–Trinajstić information content (AvgIpc) is 2.24. The quantitative estimate of drug-likeness (QED) is 0.735. The van der Waals surface area contributed by atoms with Crippen LogP contribution in [0.3, 0.4) is 0 Å². The molecule has 0 bridgehead atoms. The van der Waals surface area contributed by atoms with E-state index in [2.05, 4.69) is 0 Å². The summed E-state index contributed by atoms with van der Waals surface area (Å²) in [4.78, 5) is 0. The topological polar surface area (TPSA) is 75.9 Å². The molecule has 0 amide bonds. The molecule has 0 saturated carbocycles. The molecule has 1 saturated heterocycles. The number of nitrogens with two attached hydrogens (primary N) is 1. The number of hydrogen-bond donors (Lipinski definition) is 1. The molecular weight excluding hydrogens is 242 g/mol. The van der Waals surface area contributed by atoms with Crippen molar-refractivity contribution in [2.45, 2.75) is 32.5 Å². The van der Waals surface area contributed by atoms with Crippen molar-refractivity contribution in [1.82, 2.24) is 8.61 Å². The van der Waals surface area contributed by atoms with Crippen LogP contribution in [0.25, 0.3) is 0 Å². The van der Waals surface area contributed by atoms with Crippen LogP contribution in [0.2, 0.25) is 0 Å². The fraction of sp³-hybridized carbons (Fsp3) is 1.00. The number of ether oxygens (including phenoxy) is 1. The first-order valence-electron chi connectivity index (χ1n) is 5.95. The van der Waals surface area contributed by atoms with Crippen molar-refractivity contribution in [3.8, 4) is 0 Å². The summed E-state index contributed by atoms with van der Waals surface area (Å²) in [5.41, 5.74) is 5.39. The van der Waals surface area contributed by atoms with Gasteiger partial charge in [-0.25, -0.2) is 0 Å².